The van der Waals surface area contributed by atoms with E-state index in [-0.39, 0.29) is 0 Å². The topological polar surface area (TPSA) is 17.1 Å². The van der Waals surface area contributed by atoms with Gasteiger partial charge < -0.3 is 0 Å². The van der Waals surface area contributed by atoms with Crippen LogP contribution < -0.4 is 0 Å². The number of benzene rings is 1. The van der Waals surface area contributed by atoms with Crippen LogP contribution in [0.25, 0.3) is 0 Å². The van der Waals surface area contributed by atoms with Gasteiger partial charge in [-0.05, 0) is 25.5 Å². The van der Waals surface area contributed by atoms with Crippen LogP contribution in [0.2, 0.25) is 5.02 Å². The Morgan fingerprint density at radius 3 is 2.69 bits per heavy atom. The van der Waals surface area contributed by atoms with Crippen LogP contribution in [0, 0.1) is 6.92 Å². The quantitative estimate of drug-likeness (QED) is 0.671. The van der Waals surface area contributed by atoms with Gasteiger partial charge in [-0.25, -0.2) is 4.39 Å². The van der Waals surface area contributed by atoms with Crippen molar-refractivity contribution in [3.63, 3.8) is 0 Å². The van der Waals surface area contributed by atoms with E-state index in [2.05, 4.69) is 0 Å². The lowest BCUT2D eigenvalue weighted by molar-refractivity contribution is 0.0892. The van der Waals surface area contributed by atoms with Crippen molar-refractivity contribution in [3.8, 4) is 0 Å². The summed E-state index contributed by atoms with van der Waals surface area (Å²) in [5.74, 6) is -0.514. The zero-order valence-corrected chi connectivity index (χ0v) is 8.23. The highest BCUT2D eigenvalue weighted by atomic mass is 35.5. The van der Waals surface area contributed by atoms with Crippen molar-refractivity contribution in [1.82, 2.24) is 0 Å². The van der Waals surface area contributed by atoms with Gasteiger partial charge in [-0.2, -0.15) is 0 Å². The summed E-state index contributed by atoms with van der Waals surface area (Å²) >= 11 is 5.79. The van der Waals surface area contributed by atoms with Crippen LogP contribution >= 0.6 is 11.6 Å². The van der Waals surface area contributed by atoms with Gasteiger partial charge in [0.1, 0.15) is 0 Å². The Morgan fingerprint density at radius 2 is 2.15 bits per heavy atom. The first-order valence-corrected chi connectivity index (χ1v) is 4.35. The van der Waals surface area contributed by atoms with E-state index in [4.69, 9.17) is 11.6 Å². The predicted molar refractivity (Wildman–Crippen MR) is 51.1 cm³/mol. The molecular formula is C10H10ClFO. The fraction of sp³-hybridized carbons (Fsp3) is 0.300. The van der Waals surface area contributed by atoms with E-state index in [1.807, 2.05) is 0 Å². The number of ketones is 1. The number of rotatable bonds is 2. The minimum Gasteiger partial charge on any atom is -0.291 e. The van der Waals surface area contributed by atoms with Gasteiger partial charge in [-0.3, -0.25) is 4.79 Å². The number of Topliss-reactive ketones (excluding diaryl/α,β-unsaturated/α-hetero) is 1. The molecule has 0 saturated heterocycles. The Bertz CT molecular complexity index is 334. The van der Waals surface area contributed by atoms with Crippen molar-refractivity contribution in [2.45, 2.75) is 20.0 Å². The molecule has 0 aliphatic heterocycles. The summed E-state index contributed by atoms with van der Waals surface area (Å²) in [6.07, 6.45) is -1.47. The lowest BCUT2D eigenvalue weighted by Gasteiger charge is -2.06. The molecule has 1 unspecified atom stereocenters. The van der Waals surface area contributed by atoms with Crippen LogP contribution in [0.1, 0.15) is 22.8 Å². The maximum absolute atomic E-state index is 12.7. The summed E-state index contributed by atoms with van der Waals surface area (Å²) in [4.78, 5) is 11.3. The molecule has 13 heavy (non-hydrogen) atoms. The SMILES string of the molecule is Cc1c(Cl)cccc1C(=O)C(C)F. The average Bonchev–Trinajstić information content (AvgIpc) is 2.08. The minimum absolute atomic E-state index is 0.363. The molecule has 0 heterocycles. The van der Waals surface area contributed by atoms with Gasteiger partial charge in [0.2, 0.25) is 0 Å². The van der Waals surface area contributed by atoms with Crippen LogP contribution in [0.5, 0.6) is 0 Å². The fourth-order valence-corrected chi connectivity index (χ4v) is 1.26. The highest BCUT2D eigenvalue weighted by Crippen LogP contribution is 2.20. The first-order chi connectivity index (χ1) is 6.04. The summed E-state index contributed by atoms with van der Waals surface area (Å²) in [5, 5.41) is 0.492. The van der Waals surface area contributed by atoms with Gasteiger partial charge >= 0.3 is 0 Å². The fourth-order valence-electron chi connectivity index (χ4n) is 1.09. The third kappa shape index (κ3) is 2.07. The highest BCUT2D eigenvalue weighted by molar-refractivity contribution is 6.31. The van der Waals surface area contributed by atoms with Crippen molar-refractivity contribution in [2.75, 3.05) is 0 Å². The molecule has 0 bridgehead atoms. The van der Waals surface area contributed by atoms with Gasteiger partial charge in [-0.15, -0.1) is 0 Å². The molecule has 0 radical (unpaired) electrons. The van der Waals surface area contributed by atoms with Crippen LogP contribution in [-0.4, -0.2) is 12.0 Å². The van der Waals surface area contributed by atoms with E-state index in [0.717, 1.165) is 0 Å². The third-order valence-corrected chi connectivity index (χ3v) is 2.30. The number of alkyl halides is 1. The van der Waals surface area contributed by atoms with Crippen molar-refractivity contribution in [2.24, 2.45) is 0 Å². The van der Waals surface area contributed by atoms with E-state index in [1.54, 1.807) is 25.1 Å². The number of hydrogen-bond donors (Lipinski definition) is 0. The number of carbonyl (C=O) groups excluding carboxylic acids is 1. The van der Waals surface area contributed by atoms with Gasteiger partial charge in [0.25, 0.3) is 0 Å². The number of hydrogen-bond acceptors (Lipinski definition) is 1. The molecule has 1 rings (SSSR count). The van der Waals surface area contributed by atoms with E-state index in [0.29, 0.717) is 16.1 Å². The molecule has 0 aliphatic rings. The average molecular weight is 201 g/mol. The predicted octanol–water partition coefficient (Wildman–Crippen LogP) is 3.19. The zero-order valence-electron chi connectivity index (χ0n) is 7.47. The van der Waals surface area contributed by atoms with Gasteiger partial charge in [0.05, 0.1) is 0 Å². The monoisotopic (exact) mass is 200 g/mol. The Balaban J connectivity index is 3.15. The molecule has 0 spiro atoms. The molecule has 0 fully saturated rings. The molecular weight excluding hydrogens is 191 g/mol. The second kappa shape index (κ2) is 3.88. The van der Waals surface area contributed by atoms with Crippen molar-refractivity contribution in [1.29, 1.82) is 0 Å². The largest absolute Gasteiger partial charge is 0.291 e. The molecule has 0 saturated carbocycles. The zero-order chi connectivity index (χ0) is 10.0. The lowest BCUT2D eigenvalue weighted by Crippen LogP contribution is -2.12. The van der Waals surface area contributed by atoms with E-state index in [1.165, 1.54) is 6.92 Å². The first kappa shape index (κ1) is 10.2. The molecule has 1 atom stereocenters. The highest BCUT2D eigenvalue weighted by Gasteiger charge is 2.16. The maximum Gasteiger partial charge on any atom is 0.196 e. The standard InChI is InChI=1S/C10H10ClFO/c1-6-8(10(13)7(2)12)4-3-5-9(6)11/h3-5,7H,1-2H3. The van der Waals surface area contributed by atoms with Crippen LogP contribution in [-0.2, 0) is 0 Å². The smallest absolute Gasteiger partial charge is 0.196 e. The van der Waals surface area contributed by atoms with Crippen molar-refractivity contribution in [3.05, 3.63) is 34.3 Å². The summed E-state index contributed by atoms with van der Waals surface area (Å²) in [7, 11) is 0. The summed E-state index contributed by atoms with van der Waals surface area (Å²) in [6, 6.07) is 4.90. The first-order valence-electron chi connectivity index (χ1n) is 3.97. The van der Waals surface area contributed by atoms with Gasteiger partial charge in [0.15, 0.2) is 12.0 Å². The summed E-state index contributed by atoms with van der Waals surface area (Å²) < 4.78 is 12.7. The van der Waals surface area contributed by atoms with Crippen molar-refractivity contribution >= 4 is 17.4 Å². The molecule has 1 aromatic rings. The van der Waals surface area contributed by atoms with Crippen molar-refractivity contribution < 1.29 is 9.18 Å². The summed E-state index contributed by atoms with van der Waals surface area (Å²) in [6.45, 7) is 2.93. The van der Waals surface area contributed by atoms with Gasteiger partial charge in [-0.1, -0.05) is 23.7 Å². The Hall–Kier alpha value is -0.890. The molecule has 1 nitrogen and oxygen atoms in total. The Morgan fingerprint density at radius 1 is 1.54 bits per heavy atom. The summed E-state index contributed by atoms with van der Waals surface area (Å²) in [5.41, 5.74) is 1.00. The van der Waals surface area contributed by atoms with E-state index in [9.17, 15) is 9.18 Å². The lowest BCUT2D eigenvalue weighted by atomic mass is 10.0. The molecule has 0 N–H and O–H groups in total. The minimum atomic E-state index is -1.47. The van der Waals surface area contributed by atoms with E-state index >= 15 is 0 Å². The number of carbonyl (C=O) groups is 1. The molecule has 0 aliphatic carbocycles. The second-order valence-corrected chi connectivity index (χ2v) is 3.30. The molecule has 0 aromatic heterocycles. The Labute approximate surface area is 81.5 Å². The van der Waals surface area contributed by atoms with E-state index < -0.39 is 12.0 Å². The second-order valence-electron chi connectivity index (χ2n) is 2.89. The molecule has 0 amide bonds. The molecule has 70 valence electrons. The third-order valence-electron chi connectivity index (χ3n) is 1.89. The normalized spacial score (nSPS) is 12.6. The van der Waals surface area contributed by atoms with Gasteiger partial charge in [0, 0.05) is 10.6 Å². The Kier molecular flexibility index (Phi) is 3.04. The van der Waals surface area contributed by atoms with Crippen LogP contribution in [0.3, 0.4) is 0 Å². The maximum atomic E-state index is 12.7. The number of halogens is 2. The van der Waals surface area contributed by atoms with Crippen LogP contribution in [0.15, 0.2) is 18.2 Å². The molecule has 3 heteroatoms. The van der Waals surface area contributed by atoms with Crippen LogP contribution in [0.4, 0.5) is 4.39 Å². The molecule has 1 aromatic carbocycles.